The van der Waals surface area contributed by atoms with E-state index in [1.807, 2.05) is 0 Å². The zero-order chi connectivity index (χ0) is 19.1. The molecule has 0 saturated heterocycles. The average Bonchev–Trinajstić information content (AvgIpc) is 2.90. The molecule has 0 radical (unpaired) electrons. The second-order valence-electron chi connectivity index (χ2n) is 5.84. The molecular weight excluding hydrogens is 361 g/mol. The Hall–Kier alpha value is -2.74. The van der Waals surface area contributed by atoms with Gasteiger partial charge in [-0.05, 0) is 36.8 Å². The van der Waals surface area contributed by atoms with Crippen molar-refractivity contribution in [2.75, 3.05) is 7.11 Å². The Bertz CT molecular complexity index is 1030. The third-order valence-electron chi connectivity index (χ3n) is 4.20. The fourth-order valence-electron chi connectivity index (χ4n) is 3.01. The van der Waals surface area contributed by atoms with Gasteiger partial charge in [-0.2, -0.15) is 0 Å². The predicted octanol–water partition coefficient (Wildman–Crippen LogP) is 3.18. The van der Waals surface area contributed by atoms with Gasteiger partial charge in [-0.3, -0.25) is 9.79 Å². The largest absolute Gasteiger partial charge is 0.497 e. The first kappa shape index (κ1) is 18.1. The number of nitrogens with zero attached hydrogens (tertiary/aromatic N) is 1. The lowest BCUT2D eigenvalue weighted by molar-refractivity contribution is -0.136. The first-order valence-corrected chi connectivity index (χ1v) is 9.23. The van der Waals surface area contributed by atoms with Gasteiger partial charge in [-0.15, -0.1) is 0 Å². The second kappa shape index (κ2) is 6.53. The lowest BCUT2D eigenvalue weighted by atomic mass is 9.94. The molecule has 0 saturated carbocycles. The molecule has 136 valence electrons. The molecule has 0 fully saturated rings. The summed E-state index contributed by atoms with van der Waals surface area (Å²) in [6.45, 7) is 1.59. The minimum Gasteiger partial charge on any atom is -0.497 e. The quantitative estimate of drug-likeness (QED) is 0.851. The lowest BCUT2D eigenvalue weighted by Gasteiger charge is -2.18. The molecule has 0 spiro atoms. The summed E-state index contributed by atoms with van der Waals surface area (Å²) in [7, 11) is -2.85. The summed E-state index contributed by atoms with van der Waals surface area (Å²) in [6.07, 6.45) is 0.823. The summed E-state index contributed by atoms with van der Waals surface area (Å²) >= 11 is 0. The highest BCUT2D eigenvalue weighted by Crippen LogP contribution is 2.41. The van der Waals surface area contributed by atoms with Gasteiger partial charge in [-0.1, -0.05) is 6.07 Å². The van der Waals surface area contributed by atoms with Crippen molar-refractivity contribution >= 4 is 21.5 Å². The zero-order valence-electron chi connectivity index (χ0n) is 14.1. The number of fused-ring (bicyclic) bond motifs is 1. The van der Waals surface area contributed by atoms with E-state index >= 15 is 0 Å². The molecule has 26 heavy (non-hydrogen) atoms. The summed E-state index contributed by atoms with van der Waals surface area (Å²) < 4.78 is 46.0. The maximum atomic E-state index is 14.7. The van der Waals surface area contributed by atoms with Crippen molar-refractivity contribution in [3.05, 3.63) is 57.9 Å². The normalized spacial score (nSPS) is 17.0. The Morgan fingerprint density at radius 3 is 2.77 bits per heavy atom. The van der Waals surface area contributed by atoms with Crippen molar-refractivity contribution in [2.45, 2.75) is 24.7 Å². The Balaban J connectivity index is 2.25. The summed E-state index contributed by atoms with van der Waals surface area (Å²) in [5.74, 6) is -1.73. The van der Waals surface area contributed by atoms with Gasteiger partial charge in [0.1, 0.15) is 16.5 Å². The van der Waals surface area contributed by atoms with Crippen LogP contribution >= 0.6 is 0 Å². The number of allylic oxidation sites excluding steroid dienone is 4. The zero-order valence-corrected chi connectivity index (χ0v) is 14.9. The van der Waals surface area contributed by atoms with E-state index in [1.165, 1.54) is 25.3 Å². The summed E-state index contributed by atoms with van der Waals surface area (Å²) in [6, 6.07) is 5.70. The molecule has 1 aromatic rings. The SMILES string of the molecule is COc1cccc(S(=O)(=O)C2=C3C(=NC(C)=C3CC(=O)O)CC=C2F)c1. The minimum atomic E-state index is -4.24. The number of carboxylic acid groups (broad SMARTS) is 1. The Labute approximate surface area is 149 Å². The molecule has 1 aliphatic carbocycles. The number of carboxylic acids is 1. The molecule has 6 nitrogen and oxygen atoms in total. The first-order valence-electron chi connectivity index (χ1n) is 7.75. The van der Waals surface area contributed by atoms with Crippen LogP contribution in [0.15, 0.2) is 67.8 Å². The van der Waals surface area contributed by atoms with E-state index in [-0.39, 0.29) is 22.5 Å². The number of hydrogen-bond acceptors (Lipinski definition) is 5. The molecule has 1 N–H and O–H groups in total. The van der Waals surface area contributed by atoms with E-state index in [2.05, 4.69) is 4.99 Å². The monoisotopic (exact) mass is 377 g/mol. The minimum absolute atomic E-state index is 0.0627. The number of ether oxygens (including phenoxy) is 1. The van der Waals surface area contributed by atoms with Gasteiger partial charge in [0.2, 0.25) is 9.84 Å². The van der Waals surface area contributed by atoms with Crippen molar-refractivity contribution in [2.24, 2.45) is 4.99 Å². The molecular formula is C18H16FNO5S. The van der Waals surface area contributed by atoms with E-state index in [4.69, 9.17) is 9.84 Å². The third-order valence-corrected chi connectivity index (χ3v) is 6.01. The highest BCUT2D eigenvalue weighted by Gasteiger charge is 2.37. The third kappa shape index (κ3) is 2.96. The van der Waals surface area contributed by atoms with Gasteiger partial charge in [0.15, 0.2) is 0 Å². The van der Waals surface area contributed by atoms with Crippen LogP contribution in [0.5, 0.6) is 5.75 Å². The number of rotatable bonds is 5. The molecule has 8 heteroatoms. The van der Waals surface area contributed by atoms with Gasteiger partial charge < -0.3 is 9.84 Å². The van der Waals surface area contributed by atoms with Crippen molar-refractivity contribution < 1.29 is 27.4 Å². The van der Waals surface area contributed by atoms with E-state index < -0.39 is 33.0 Å². The standard InChI is InChI=1S/C18H16FNO5S/c1-10-13(9-16(21)22)17-15(20-10)7-6-14(19)18(17)26(23,24)12-5-3-4-11(8-12)25-2/h3-6,8H,7,9H2,1-2H3,(H,21,22). The van der Waals surface area contributed by atoms with Crippen LogP contribution in [0.3, 0.4) is 0 Å². The molecule has 2 aliphatic rings. The van der Waals surface area contributed by atoms with Crippen molar-refractivity contribution in [1.82, 2.24) is 0 Å². The van der Waals surface area contributed by atoms with Crippen LogP contribution in [0.4, 0.5) is 4.39 Å². The Morgan fingerprint density at radius 2 is 2.12 bits per heavy atom. The number of benzene rings is 1. The topological polar surface area (TPSA) is 93.0 Å². The fourth-order valence-corrected chi connectivity index (χ4v) is 4.63. The fraction of sp³-hybridized carbons (Fsp3) is 0.222. The van der Waals surface area contributed by atoms with Gasteiger partial charge >= 0.3 is 5.97 Å². The number of aliphatic carboxylic acids is 1. The van der Waals surface area contributed by atoms with E-state index in [1.54, 1.807) is 13.0 Å². The van der Waals surface area contributed by atoms with Crippen molar-refractivity contribution in [3.63, 3.8) is 0 Å². The summed E-state index contributed by atoms with van der Waals surface area (Å²) in [5.41, 5.74) is 1.03. The van der Waals surface area contributed by atoms with Crippen LogP contribution < -0.4 is 4.74 Å². The molecule has 0 unspecified atom stereocenters. The molecule has 1 aromatic carbocycles. The van der Waals surface area contributed by atoms with Crippen LogP contribution in [-0.4, -0.2) is 32.3 Å². The summed E-state index contributed by atoms with van der Waals surface area (Å²) in [5, 5.41) is 9.14. The molecule has 0 aromatic heterocycles. The number of aliphatic imine (C=N–C) groups is 1. The smallest absolute Gasteiger partial charge is 0.307 e. The van der Waals surface area contributed by atoms with E-state index in [9.17, 15) is 17.6 Å². The molecule has 3 rings (SSSR count). The predicted molar refractivity (Wildman–Crippen MR) is 93.4 cm³/mol. The van der Waals surface area contributed by atoms with Crippen molar-refractivity contribution in [1.29, 1.82) is 0 Å². The Kier molecular flexibility index (Phi) is 4.53. The molecule has 1 heterocycles. The molecule has 0 amide bonds. The van der Waals surface area contributed by atoms with Crippen LogP contribution in [0.2, 0.25) is 0 Å². The number of halogens is 1. The van der Waals surface area contributed by atoms with Gasteiger partial charge in [0.25, 0.3) is 0 Å². The number of hydrogen-bond donors (Lipinski definition) is 1. The highest BCUT2D eigenvalue weighted by atomic mass is 32.2. The lowest BCUT2D eigenvalue weighted by Crippen LogP contribution is -2.17. The van der Waals surface area contributed by atoms with Crippen molar-refractivity contribution in [3.8, 4) is 5.75 Å². The summed E-state index contributed by atoms with van der Waals surface area (Å²) in [4.78, 5) is 14.8. The maximum Gasteiger partial charge on any atom is 0.307 e. The van der Waals surface area contributed by atoms with E-state index in [0.717, 1.165) is 6.08 Å². The number of carbonyl (C=O) groups is 1. The molecule has 0 atom stereocenters. The van der Waals surface area contributed by atoms with Crippen LogP contribution in [0, 0.1) is 0 Å². The second-order valence-corrected chi connectivity index (χ2v) is 7.72. The van der Waals surface area contributed by atoms with E-state index in [0.29, 0.717) is 17.2 Å². The van der Waals surface area contributed by atoms with Crippen LogP contribution in [0.25, 0.3) is 0 Å². The molecule has 1 aliphatic heterocycles. The Morgan fingerprint density at radius 1 is 1.38 bits per heavy atom. The van der Waals surface area contributed by atoms with Gasteiger partial charge in [-0.25, -0.2) is 12.8 Å². The number of sulfone groups is 1. The van der Waals surface area contributed by atoms with Gasteiger partial charge in [0, 0.05) is 17.7 Å². The van der Waals surface area contributed by atoms with Gasteiger partial charge in [0.05, 0.1) is 24.1 Å². The average molecular weight is 377 g/mol. The highest BCUT2D eigenvalue weighted by molar-refractivity contribution is 7.95. The van der Waals surface area contributed by atoms with Crippen LogP contribution in [-0.2, 0) is 14.6 Å². The first-order chi connectivity index (χ1) is 12.3. The maximum absolute atomic E-state index is 14.7. The van der Waals surface area contributed by atoms with Crippen LogP contribution in [0.1, 0.15) is 19.8 Å². The molecule has 0 bridgehead atoms. The number of methoxy groups -OCH3 is 1.